The van der Waals surface area contributed by atoms with Crippen molar-refractivity contribution >= 4 is 28.8 Å². The van der Waals surface area contributed by atoms with Crippen LogP contribution >= 0.6 is 0 Å². The van der Waals surface area contributed by atoms with Crippen molar-refractivity contribution in [2.75, 3.05) is 32.2 Å². The van der Waals surface area contributed by atoms with Gasteiger partial charge in [-0.15, -0.1) is 0 Å². The van der Waals surface area contributed by atoms with Gasteiger partial charge < -0.3 is 19.1 Å². The van der Waals surface area contributed by atoms with E-state index in [2.05, 4.69) is 14.9 Å². The zero-order valence-corrected chi connectivity index (χ0v) is 20.1. The third kappa shape index (κ3) is 4.56. The number of rotatable bonds is 3. The first-order chi connectivity index (χ1) is 15.0. The van der Waals surface area contributed by atoms with Crippen LogP contribution in [-0.2, 0) is 9.47 Å². The molecule has 0 saturated carbocycles. The highest BCUT2D eigenvalue weighted by atomic mass is 16.6. The van der Waals surface area contributed by atoms with Crippen LogP contribution < -0.4 is 9.64 Å². The molecule has 2 atom stereocenters. The van der Waals surface area contributed by atoms with E-state index in [1.807, 2.05) is 40.7 Å². The van der Waals surface area contributed by atoms with Crippen molar-refractivity contribution < 1.29 is 23.8 Å². The Kier molecular flexibility index (Phi) is 6.48. The maximum absolute atomic E-state index is 12.8. The molecule has 32 heavy (non-hydrogen) atoms. The van der Waals surface area contributed by atoms with Gasteiger partial charge in [-0.25, -0.2) is 19.6 Å². The van der Waals surface area contributed by atoms with Crippen molar-refractivity contribution in [3.05, 3.63) is 23.4 Å². The van der Waals surface area contributed by atoms with Crippen molar-refractivity contribution in [3.8, 4) is 5.88 Å². The van der Waals surface area contributed by atoms with Crippen LogP contribution in [0.15, 0.2) is 12.1 Å². The highest BCUT2D eigenvalue weighted by Gasteiger charge is 2.36. The fraction of sp³-hybridized carbons (Fsp3) is 0.565. The fourth-order valence-electron chi connectivity index (χ4n) is 4.11. The molecule has 0 spiro atoms. The first-order valence-electron chi connectivity index (χ1n) is 10.7. The van der Waals surface area contributed by atoms with Gasteiger partial charge in [0.05, 0.1) is 37.6 Å². The zero-order valence-electron chi connectivity index (χ0n) is 20.1. The van der Waals surface area contributed by atoms with E-state index in [9.17, 15) is 9.59 Å². The van der Waals surface area contributed by atoms with E-state index in [4.69, 9.17) is 14.2 Å². The number of ether oxygens (including phenoxy) is 3. The molecular weight excluding hydrogens is 412 g/mol. The van der Waals surface area contributed by atoms with Crippen LogP contribution in [0.3, 0.4) is 0 Å². The van der Waals surface area contributed by atoms with Crippen LogP contribution in [0.2, 0.25) is 0 Å². The third-order valence-electron chi connectivity index (χ3n) is 5.39. The van der Waals surface area contributed by atoms with Gasteiger partial charge in [-0.2, -0.15) is 0 Å². The second kappa shape index (κ2) is 8.80. The lowest BCUT2D eigenvalue weighted by atomic mass is 10.1. The van der Waals surface area contributed by atoms with Gasteiger partial charge in [-0.1, -0.05) is 0 Å². The summed E-state index contributed by atoms with van der Waals surface area (Å²) in [6, 6.07) is 3.37. The van der Waals surface area contributed by atoms with E-state index in [1.165, 1.54) is 14.2 Å². The predicted molar refractivity (Wildman–Crippen MR) is 121 cm³/mol. The molecule has 1 aromatic carbocycles. The van der Waals surface area contributed by atoms with Gasteiger partial charge in [0.15, 0.2) is 0 Å². The summed E-state index contributed by atoms with van der Waals surface area (Å²) in [5.41, 5.74) is 2.21. The van der Waals surface area contributed by atoms with Gasteiger partial charge in [-0.3, -0.25) is 4.90 Å². The lowest BCUT2D eigenvalue weighted by Gasteiger charge is -2.45. The Hall–Kier alpha value is -3.10. The summed E-state index contributed by atoms with van der Waals surface area (Å²) in [5.74, 6) is -0.0776. The first kappa shape index (κ1) is 23.6. The van der Waals surface area contributed by atoms with E-state index in [0.717, 1.165) is 5.69 Å². The minimum absolute atomic E-state index is 0.0933. The molecule has 9 nitrogen and oxygen atoms in total. The monoisotopic (exact) mass is 444 g/mol. The number of esters is 1. The van der Waals surface area contributed by atoms with Gasteiger partial charge in [0, 0.05) is 13.1 Å². The number of fused-ring (bicyclic) bond motifs is 1. The van der Waals surface area contributed by atoms with E-state index in [0.29, 0.717) is 41.3 Å². The second-order valence-corrected chi connectivity index (χ2v) is 9.13. The van der Waals surface area contributed by atoms with E-state index < -0.39 is 11.6 Å². The molecule has 1 saturated heterocycles. The topological polar surface area (TPSA) is 94.1 Å². The summed E-state index contributed by atoms with van der Waals surface area (Å²) in [7, 11) is 2.88. The van der Waals surface area contributed by atoms with E-state index in [1.54, 1.807) is 17.9 Å². The van der Waals surface area contributed by atoms with Crippen LogP contribution in [0.5, 0.6) is 5.88 Å². The van der Waals surface area contributed by atoms with Crippen LogP contribution in [0.1, 0.15) is 50.7 Å². The summed E-state index contributed by atoms with van der Waals surface area (Å²) in [4.78, 5) is 38.3. The minimum atomic E-state index is -0.558. The highest BCUT2D eigenvalue weighted by Crippen LogP contribution is 2.33. The summed E-state index contributed by atoms with van der Waals surface area (Å²) in [6.45, 7) is 12.5. The van der Waals surface area contributed by atoms with Crippen molar-refractivity contribution in [2.45, 2.75) is 59.2 Å². The molecule has 9 heteroatoms. The molecule has 0 bridgehead atoms. The second-order valence-electron chi connectivity index (χ2n) is 9.13. The summed E-state index contributed by atoms with van der Waals surface area (Å²) in [6.07, 6.45) is -0.319. The number of methoxy groups -OCH3 is 2. The molecule has 174 valence electrons. The van der Waals surface area contributed by atoms with Crippen molar-refractivity contribution in [3.63, 3.8) is 0 Å². The van der Waals surface area contributed by atoms with Gasteiger partial charge >= 0.3 is 12.1 Å². The number of aryl methyl sites for hydroxylation is 1. The van der Waals surface area contributed by atoms with E-state index >= 15 is 0 Å². The largest absolute Gasteiger partial charge is 0.480 e. The molecular formula is C23H32N4O5. The molecule has 0 unspecified atom stereocenters. The van der Waals surface area contributed by atoms with Crippen molar-refractivity contribution in [1.82, 2.24) is 14.9 Å². The Morgan fingerprint density at radius 1 is 1.03 bits per heavy atom. The number of hydrogen-bond donors (Lipinski definition) is 0. The van der Waals surface area contributed by atoms with Crippen molar-refractivity contribution in [1.29, 1.82) is 0 Å². The standard InChI is InChI=1S/C23H32N4O5/c1-13-11-26(12-14(2)27(13)22(29)32-23(4,5)6)17-10-9-16(21(28)31-8)18-19(17)25-20(30-7)15(3)24-18/h9-10,13-14H,11-12H2,1-8H3/t13-,14+. The molecule has 2 aromatic rings. The molecule has 2 heterocycles. The van der Waals surface area contributed by atoms with Gasteiger partial charge in [-0.05, 0) is 53.7 Å². The lowest BCUT2D eigenvalue weighted by Crippen LogP contribution is -2.59. The number of hydrogen-bond acceptors (Lipinski definition) is 8. The highest BCUT2D eigenvalue weighted by molar-refractivity contribution is 6.05. The van der Waals surface area contributed by atoms with Gasteiger partial charge in [0.2, 0.25) is 5.88 Å². The molecule has 1 fully saturated rings. The van der Waals surface area contributed by atoms with Gasteiger partial charge in [0.1, 0.15) is 22.3 Å². The normalized spacial score (nSPS) is 19.1. The number of amides is 1. The van der Waals surface area contributed by atoms with Crippen LogP contribution in [0.25, 0.3) is 11.0 Å². The summed E-state index contributed by atoms with van der Waals surface area (Å²) in [5, 5.41) is 0. The molecule has 3 rings (SSSR count). The lowest BCUT2D eigenvalue weighted by molar-refractivity contribution is 0.00566. The maximum Gasteiger partial charge on any atom is 0.410 e. The molecule has 0 radical (unpaired) electrons. The Labute approximate surface area is 188 Å². The number of benzene rings is 1. The van der Waals surface area contributed by atoms with Crippen LogP contribution in [0.4, 0.5) is 10.5 Å². The Morgan fingerprint density at radius 2 is 1.66 bits per heavy atom. The van der Waals surface area contributed by atoms with E-state index in [-0.39, 0.29) is 18.2 Å². The maximum atomic E-state index is 12.8. The Balaban J connectivity index is 2.01. The average Bonchev–Trinajstić information content (AvgIpc) is 2.69. The third-order valence-corrected chi connectivity index (χ3v) is 5.39. The summed E-state index contributed by atoms with van der Waals surface area (Å²) < 4.78 is 15.9. The number of anilines is 1. The quantitative estimate of drug-likeness (QED) is 0.663. The number of nitrogens with zero attached hydrogens (tertiary/aromatic N) is 4. The number of carbonyl (C=O) groups excluding carboxylic acids is 2. The molecule has 1 aromatic heterocycles. The fourth-order valence-corrected chi connectivity index (χ4v) is 4.11. The average molecular weight is 445 g/mol. The minimum Gasteiger partial charge on any atom is -0.480 e. The molecule has 0 aliphatic carbocycles. The Bertz CT molecular complexity index is 1020. The van der Waals surface area contributed by atoms with Gasteiger partial charge in [0.25, 0.3) is 0 Å². The van der Waals surface area contributed by atoms with Crippen LogP contribution in [0, 0.1) is 6.92 Å². The number of carbonyl (C=O) groups is 2. The van der Waals surface area contributed by atoms with Crippen molar-refractivity contribution in [2.24, 2.45) is 0 Å². The number of piperazine rings is 1. The molecule has 1 aliphatic heterocycles. The zero-order chi connectivity index (χ0) is 23.8. The smallest absolute Gasteiger partial charge is 0.410 e. The first-order valence-corrected chi connectivity index (χ1v) is 10.7. The molecule has 1 aliphatic rings. The number of aromatic nitrogens is 2. The van der Waals surface area contributed by atoms with Crippen LogP contribution in [-0.4, -0.2) is 71.9 Å². The molecule has 0 N–H and O–H groups in total. The molecule has 1 amide bonds. The summed E-state index contributed by atoms with van der Waals surface area (Å²) >= 11 is 0. The predicted octanol–water partition coefficient (Wildman–Crippen LogP) is 3.57. The SMILES string of the molecule is COC(=O)c1ccc(N2C[C@@H](C)N(C(=O)OC(C)(C)C)[C@@H](C)C2)c2nc(OC)c(C)nc12. The Morgan fingerprint density at radius 3 is 2.19 bits per heavy atom.